The highest BCUT2D eigenvalue weighted by Crippen LogP contribution is 2.25. The van der Waals surface area contributed by atoms with E-state index >= 15 is 0 Å². The van der Waals surface area contributed by atoms with Crippen LogP contribution in [-0.2, 0) is 11.3 Å². The van der Waals surface area contributed by atoms with Crippen molar-refractivity contribution in [2.24, 2.45) is 0 Å². The van der Waals surface area contributed by atoms with Gasteiger partial charge in [-0.3, -0.25) is 0 Å². The summed E-state index contributed by atoms with van der Waals surface area (Å²) in [6, 6.07) is 9.13. The Hall–Kier alpha value is -0.860. The fourth-order valence-corrected chi connectivity index (χ4v) is 2.01. The Labute approximate surface area is 91.6 Å². The second-order valence-electron chi connectivity index (χ2n) is 4.47. The predicted octanol–water partition coefficient (Wildman–Crippen LogP) is 2.30. The molecule has 2 rings (SSSR count). The maximum absolute atomic E-state index is 5.60. The van der Waals surface area contributed by atoms with Crippen LogP contribution in [-0.4, -0.2) is 19.2 Å². The Morgan fingerprint density at radius 2 is 2.20 bits per heavy atom. The normalized spacial score (nSPS) is 20.3. The Balaban J connectivity index is 2.08. The van der Waals surface area contributed by atoms with Gasteiger partial charge in [0.25, 0.3) is 0 Å². The van der Waals surface area contributed by atoms with Gasteiger partial charge in [-0.25, -0.2) is 0 Å². The molecule has 1 aliphatic rings. The van der Waals surface area contributed by atoms with Crippen LogP contribution in [0, 0.1) is 0 Å². The first-order chi connectivity index (χ1) is 7.27. The van der Waals surface area contributed by atoms with E-state index in [0.717, 1.165) is 19.8 Å². The number of ether oxygens (including phenoxy) is 1. The molecule has 82 valence electrons. The molecule has 0 saturated heterocycles. The third-order valence-corrected chi connectivity index (χ3v) is 2.84. The highest BCUT2D eigenvalue weighted by Gasteiger charge is 2.19. The van der Waals surface area contributed by atoms with Crippen LogP contribution < -0.4 is 5.32 Å². The van der Waals surface area contributed by atoms with Gasteiger partial charge in [0.1, 0.15) is 0 Å². The van der Waals surface area contributed by atoms with Gasteiger partial charge in [0.2, 0.25) is 0 Å². The van der Waals surface area contributed by atoms with E-state index in [-0.39, 0.29) is 0 Å². The highest BCUT2D eigenvalue weighted by molar-refractivity contribution is 5.31. The third-order valence-electron chi connectivity index (χ3n) is 2.84. The smallest absolute Gasteiger partial charge is 0.0719 e. The van der Waals surface area contributed by atoms with E-state index in [1.165, 1.54) is 11.1 Å². The second-order valence-corrected chi connectivity index (χ2v) is 4.47. The van der Waals surface area contributed by atoms with Crippen LogP contribution in [0.15, 0.2) is 24.3 Å². The van der Waals surface area contributed by atoms with Crippen molar-refractivity contribution in [3.63, 3.8) is 0 Å². The molecule has 1 aliphatic heterocycles. The van der Waals surface area contributed by atoms with E-state index in [1.807, 2.05) is 0 Å². The molecule has 15 heavy (non-hydrogen) atoms. The number of hydrogen-bond acceptors (Lipinski definition) is 2. The molecular weight excluding hydrogens is 186 g/mol. The quantitative estimate of drug-likeness (QED) is 0.817. The Morgan fingerprint density at radius 3 is 3.00 bits per heavy atom. The van der Waals surface area contributed by atoms with Crippen LogP contribution in [0.5, 0.6) is 0 Å². The largest absolute Gasteiger partial charge is 0.376 e. The third kappa shape index (κ3) is 2.58. The fraction of sp³-hybridized carbons (Fsp3) is 0.538. The molecule has 2 nitrogen and oxygen atoms in total. The maximum atomic E-state index is 5.60. The molecule has 0 aliphatic carbocycles. The Morgan fingerprint density at radius 1 is 1.40 bits per heavy atom. The molecule has 1 heterocycles. The highest BCUT2D eigenvalue weighted by atomic mass is 16.5. The SMILES string of the molecule is CC(C)NCC1COCc2ccccc21. The molecule has 0 bridgehead atoms. The minimum absolute atomic E-state index is 0.511. The van der Waals surface area contributed by atoms with Crippen molar-refractivity contribution in [2.45, 2.75) is 32.4 Å². The van der Waals surface area contributed by atoms with Gasteiger partial charge in [-0.05, 0) is 11.1 Å². The van der Waals surface area contributed by atoms with E-state index in [1.54, 1.807) is 0 Å². The molecule has 1 unspecified atom stereocenters. The number of fused-ring (bicyclic) bond motifs is 1. The van der Waals surface area contributed by atoms with E-state index in [4.69, 9.17) is 4.74 Å². The lowest BCUT2D eigenvalue weighted by Gasteiger charge is -2.26. The molecule has 1 atom stereocenters. The number of benzene rings is 1. The molecule has 2 heteroatoms. The first-order valence-electron chi connectivity index (χ1n) is 5.66. The van der Waals surface area contributed by atoms with E-state index in [9.17, 15) is 0 Å². The summed E-state index contributed by atoms with van der Waals surface area (Å²) < 4.78 is 5.60. The van der Waals surface area contributed by atoms with Crippen LogP contribution in [0.4, 0.5) is 0 Å². The van der Waals surface area contributed by atoms with Gasteiger partial charge in [0.05, 0.1) is 13.2 Å². The number of nitrogens with one attached hydrogen (secondary N) is 1. The molecule has 0 amide bonds. The predicted molar refractivity (Wildman–Crippen MR) is 62.0 cm³/mol. The molecular formula is C13H19NO. The minimum Gasteiger partial charge on any atom is -0.376 e. The van der Waals surface area contributed by atoms with Crippen LogP contribution in [0.1, 0.15) is 30.9 Å². The lowest BCUT2D eigenvalue weighted by atomic mass is 9.93. The van der Waals surface area contributed by atoms with Crippen molar-refractivity contribution in [2.75, 3.05) is 13.2 Å². The van der Waals surface area contributed by atoms with E-state index in [0.29, 0.717) is 12.0 Å². The summed E-state index contributed by atoms with van der Waals surface area (Å²) in [5.41, 5.74) is 2.80. The van der Waals surface area contributed by atoms with Crippen molar-refractivity contribution in [3.05, 3.63) is 35.4 Å². The Kier molecular flexibility index (Phi) is 3.39. The summed E-state index contributed by atoms with van der Waals surface area (Å²) in [7, 11) is 0. The molecule has 1 aromatic rings. The minimum atomic E-state index is 0.511. The average Bonchev–Trinajstić information content (AvgIpc) is 2.26. The van der Waals surface area contributed by atoms with Crippen LogP contribution in [0.3, 0.4) is 0 Å². The second kappa shape index (κ2) is 4.77. The van der Waals surface area contributed by atoms with Crippen molar-refractivity contribution in [1.29, 1.82) is 0 Å². The first-order valence-corrected chi connectivity index (χ1v) is 5.66. The van der Waals surface area contributed by atoms with Crippen LogP contribution in [0.2, 0.25) is 0 Å². The van der Waals surface area contributed by atoms with Crippen LogP contribution in [0.25, 0.3) is 0 Å². The van der Waals surface area contributed by atoms with Gasteiger partial charge in [0.15, 0.2) is 0 Å². The molecule has 0 spiro atoms. The van der Waals surface area contributed by atoms with E-state index < -0.39 is 0 Å². The van der Waals surface area contributed by atoms with E-state index in [2.05, 4.69) is 43.4 Å². The van der Waals surface area contributed by atoms with Crippen molar-refractivity contribution in [3.8, 4) is 0 Å². The first kappa shape index (κ1) is 10.7. The number of rotatable bonds is 3. The topological polar surface area (TPSA) is 21.3 Å². The molecule has 1 aromatic carbocycles. The monoisotopic (exact) mass is 205 g/mol. The number of hydrogen-bond donors (Lipinski definition) is 1. The van der Waals surface area contributed by atoms with Gasteiger partial charge in [0, 0.05) is 18.5 Å². The molecule has 0 fully saturated rings. The average molecular weight is 205 g/mol. The van der Waals surface area contributed by atoms with Gasteiger partial charge in [-0.1, -0.05) is 38.1 Å². The zero-order chi connectivity index (χ0) is 10.7. The van der Waals surface area contributed by atoms with Crippen molar-refractivity contribution < 1.29 is 4.74 Å². The summed E-state index contributed by atoms with van der Waals surface area (Å²) in [6.07, 6.45) is 0. The van der Waals surface area contributed by atoms with Gasteiger partial charge < -0.3 is 10.1 Å². The van der Waals surface area contributed by atoms with Crippen LogP contribution >= 0.6 is 0 Å². The zero-order valence-electron chi connectivity index (χ0n) is 9.49. The molecule has 0 radical (unpaired) electrons. The summed E-state index contributed by atoms with van der Waals surface area (Å²) in [4.78, 5) is 0. The maximum Gasteiger partial charge on any atom is 0.0719 e. The van der Waals surface area contributed by atoms with Crippen molar-refractivity contribution >= 4 is 0 Å². The zero-order valence-corrected chi connectivity index (χ0v) is 9.49. The lowest BCUT2D eigenvalue weighted by molar-refractivity contribution is 0.0902. The van der Waals surface area contributed by atoms with Gasteiger partial charge >= 0.3 is 0 Å². The summed E-state index contributed by atoms with van der Waals surface area (Å²) in [5, 5.41) is 3.48. The van der Waals surface area contributed by atoms with Crippen molar-refractivity contribution in [1.82, 2.24) is 5.32 Å². The summed E-state index contributed by atoms with van der Waals surface area (Å²) in [6.45, 7) is 6.98. The lowest BCUT2D eigenvalue weighted by Crippen LogP contribution is -2.32. The molecule has 0 aromatic heterocycles. The fourth-order valence-electron chi connectivity index (χ4n) is 2.01. The van der Waals surface area contributed by atoms with Gasteiger partial charge in [-0.15, -0.1) is 0 Å². The summed E-state index contributed by atoms with van der Waals surface area (Å²) in [5.74, 6) is 0.511. The summed E-state index contributed by atoms with van der Waals surface area (Å²) >= 11 is 0. The Bertz CT molecular complexity index is 322. The van der Waals surface area contributed by atoms with Gasteiger partial charge in [-0.2, -0.15) is 0 Å². The standard InChI is InChI=1S/C13H19NO/c1-10(2)14-7-12-9-15-8-11-5-3-4-6-13(11)12/h3-6,10,12,14H,7-9H2,1-2H3. The molecule has 1 N–H and O–H groups in total. The molecule has 0 saturated carbocycles.